The van der Waals surface area contributed by atoms with E-state index >= 15 is 0 Å². The van der Waals surface area contributed by atoms with Crippen LogP contribution < -0.4 is 4.74 Å². The summed E-state index contributed by atoms with van der Waals surface area (Å²) in [6.45, 7) is 9.18. The van der Waals surface area contributed by atoms with Crippen LogP contribution in [0.2, 0.25) is 0 Å². The topological polar surface area (TPSA) is 21.7 Å². The fourth-order valence-electron chi connectivity index (χ4n) is 4.25. The number of methoxy groups -OCH3 is 1. The van der Waals surface area contributed by atoms with E-state index < -0.39 is 0 Å². The molecule has 1 aliphatic rings. The Hall–Kier alpha value is -1.84. The summed E-state index contributed by atoms with van der Waals surface area (Å²) in [5, 5.41) is 2.27. The van der Waals surface area contributed by atoms with E-state index in [1.807, 2.05) is 12.1 Å². The van der Waals surface area contributed by atoms with E-state index in [1.165, 1.54) is 17.5 Å². The van der Waals surface area contributed by atoms with Crippen LogP contribution in [0.3, 0.4) is 0 Å². The largest absolute Gasteiger partial charge is 0.497 e. The maximum atomic E-state index is 6.77. The first-order valence-electron chi connectivity index (χ1n) is 9.97. The van der Waals surface area contributed by atoms with Gasteiger partial charge in [0.05, 0.1) is 7.11 Å². The van der Waals surface area contributed by atoms with Crippen LogP contribution in [0, 0.1) is 0 Å². The molecule has 1 saturated heterocycles. The van der Waals surface area contributed by atoms with Crippen LogP contribution in [-0.2, 0) is 11.3 Å². The van der Waals surface area contributed by atoms with Crippen molar-refractivity contribution in [3.8, 4) is 5.75 Å². The fourth-order valence-corrected chi connectivity index (χ4v) is 4.25. The first-order chi connectivity index (χ1) is 12.8. The second-order valence-electron chi connectivity index (χ2n) is 8.83. The zero-order chi connectivity index (χ0) is 19.5. The van der Waals surface area contributed by atoms with Gasteiger partial charge in [0.1, 0.15) is 11.9 Å². The van der Waals surface area contributed by atoms with E-state index in [9.17, 15) is 0 Å². The van der Waals surface area contributed by atoms with Gasteiger partial charge in [0, 0.05) is 17.5 Å². The summed E-state index contributed by atoms with van der Waals surface area (Å²) < 4.78 is 5.30. The molecule has 146 valence electrons. The molecule has 0 spiro atoms. The van der Waals surface area contributed by atoms with Gasteiger partial charge in [-0.25, -0.2) is 0 Å². The zero-order valence-corrected chi connectivity index (χ0v) is 17.4. The summed E-state index contributed by atoms with van der Waals surface area (Å²) in [5.41, 5.74) is 2.51. The molecule has 0 bridgehead atoms. The SMILES string of the molecule is COc1ccc(CC(ON2C(C)(C)CCCC2(C)C)c2ccccc2)cc1. The summed E-state index contributed by atoms with van der Waals surface area (Å²) in [4.78, 5) is 6.77. The predicted octanol–water partition coefficient (Wildman–Crippen LogP) is 5.95. The number of piperidine rings is 1. The molecule has 0 radical (unpaired) electrons. The van der Waals surface area contributed by atoms with Crippen molar-refractivity contribution in [3.63, 3.8) is 0 Å². The van der Waals surface area contributed by atoms with Gasteiger partial charge in [0.2, 0.25) is 0 Å². The predicted molar refractivity (Wildman–Crippen MR) is 111 cm³/mol. The zero-order valence-electron chi connectivity index (χ0n) is 17.4. The third kappa shape index (κ3) is 4.72. The lowest BCUT2D eigenvalue weighted by Crippen LogP contribution is -2.58. The monoisotopic (exact) mass is 367 g/mol. The molecule has 0 aromatic heterocycles. The molecule has 0 N–H and O–H groups in total. The van der Waals surface area contributed by atoms with Crippen LogP contribution in [0.5, 0.6) is 5.75 Å². The molecule has 3 heteroatoms. The Labute approximate surface area is 164 Å². The Morgan fingerprint density at radius 2 is 1.48 bits per heavy atom. The summed E-state index contributed by atoms with van der Waals surface area (Å²) in [7, 11) is 1.70. The van der Waals surface area contributed by atoms with E-state index in [2.05, 4.69) is 75.2 Å². The highest BCUT2D eigenvalue weighted by Gasteiger charge is 2.43. The van der Waals surface area contributed by atoms with Crippen molar-refractivity contribution in [2.24, 2.45) is 0 Å². The standard InChI is InChI=1S/C24H33NO2/c1-23(2)16-9-17-24(3,4)25(23)27-22(20-10-7-6-8-11-20)18-19-12-14-21(26-5)15-13-19/h6-8,10-15,22H,9,16-18H2,1-5H3. The van der Waals surface area contributed by atoms with E-state index in [-0.39, 0.29) is 17.2 Å². The third-order valence-corrected chi connectivity index (χ3v) is 5.66. The molecule has 1 aliphatic heterocycles. The van der Waals surface area contributed by atoms with Crippen molar-refractivity contribution < 1.29 is 9.57 Å². The van der Waals surface area contributed by atoms with Crippen LogP contribution in [0.4, 0.5) is 0 Å². The van der Waals surface area contributed by atoms with Gasteiger partial charge in [0.15, 0.2) is 0 Å². The summed E-state index contributed by atoms with van der Waals surface area (Å²) in [5.74, 6) is 0.884. The van der Waals surface area contributed by atoms with Crippen LogP contribution >= 0.6 is 0 Å². The molecular formula is C24H33NO2. The second kappa shape index (κ2) is 8.04. The Bertz CT molecular complexity index is 706. The van der Waals surface area contributed by atoms with Crippen LogP contribution in [-0.4, -0.2) is 23.3 Å². The molecule has 27 heavy (non-hydrogen) atoms. The van der Waals surface area contributed by atoms with Crippen LogP contribution in [0.15, 0.2) is 54.6 Å². The van der Waals surface area contributed by atoms with Crippen molar-refractivity contribution in [2.75, 3.05) is 7.11 Å². The molecule has 2 aromatic rings. The van der Waals surface area contributed by atoms with E-state index in [1.54, 1.807) is 7.11 Å². The van der Waals surface area contributed by atoms with Gasteiger partial charge in [-0.1, -0.05) is 42.5 Å². The van der Waals surface area contributed by atoms with E-state index in [0.717, 1.165) is 25.0 Å². The summed E-state index contributed by atoms with van der Waals surface area (Å²) in [6, 6.07) is 18.9. The number of rotatable bonds is 6. The summed E-state index contributed by atoms with van der Waals surface area (Å²) >= 11 is 0. The Kier molecular flexibility index (Phi) is 5.92. The van der Waals surface area contributed by atoms with Crippen molar-refractivity contribution in [2.45, 2.75) is 70.6 Å². The second-order valence-corrected chi connectivity index (χ2v) is 8.83. The molecule has 0 aliphatic carbocycles. The minimum absolute atomic E-state index is 0.0174. The Balaban J connectivity index is 1.87. The number of ether oxygens (including phenoxy) is 1. The Morgan fingerprint density at radius 1 is 0.889 bits per heavy atom. The first kappa shape index (κ1) is 19.9. The minimum Gasteiger partial charge on any atom is -0.497 e. The molecule has 1 heterocycles. The average molecular weight is 368 g/mol. The first-order valence-corrected chi connectivity index (χ1v) is 9.97. The molecule has 1 unspecified atom stereocenters. The highest BCUT2D eigenvalue weighted by atomic mass is 16.7. The molecule has 2 aromatic carbocycles. The molecular weight excluding hydrogens is 334 g/mol. The third-order valence-electron chi connectivity index (χ3n) is 5.66. The highest BCUT2D eigenvalue weighted by Crippen LogP contribution is 2.41. The number of hydrogen-bond acceptors (Lipinski definition) is 3. The molecule has 3 rings (SSSR count). The van der Waals surface area contributed by atoms with Gasteiger partial charge in [-0.05, 0) is 70.2 Å². The van der Waals surface area contributed by atoms with Crippen molar-refractivity contribution in [1.82, 2.24) is 5.06 Å². The maximum absolute atomic E-state index is 6.77. The quantitative estimate of drug-likeness (QED) is 0.629. The molecule has 1 atom stereocenters. The highest BCUT2D eigenvalue weighted by molar-refractivity contribution is 5.29. The van der Waals surface area contributed by atoms with Gasteiger partial charge in [0.25, 0.3) is 0 Å². The van der Waals surface area contributed by atoms with Crippen LogP contribution in [0.1, 0.15) is 64.2 Å². The minimum atomic E-state index is -0.0174. The van der Waals surface area contributed by atoms with Gasteiger partial charge in [-0.15, -0.1) is 0 Å². The lowest BCUT2D eigenvalue weighted by atomic mass is 9.82. The fraction of sp³-hybridized carbons (Fsp3) is 0.500. The van der Waals surface area contributed by atoms with Gasteiger partial charge in [-0.3, -0.25) is 4.84 Å². The lowest BCUT2D eigenvalue weighted by Gasteiger charge is -2.52. The van der Waals surface area contributed by atoms with Gasteiger partial charge in [-0.2, -0.15) is 5.06 Å². The van der Waals surface area contributed by atoms with Crippen molar-refractivity contribution >= 4 is 0 Å². The number of hydrogen-bond donors (Lipinski definition) is 0. The smallest absolute Gasteiger partial charge is 0.118 e. The number of hydroxylamine groups is 2. The lowest BCUT2D eigenvalue weighted by molar-refractivity contribution is -0.307. The van der Waals surface area contributed by atoms with Crippen LogP contribution in [0.25, 0.3) is 0 Å². The van der Waals surface area contributed by atoms with Gasteiger partial charge < -0.3 is 4.74 Å². The number of benzene rings is 2. The van der Waals surface area contributed by atoms with Crippen molar-refractivity contribution in [1.29, 1.82) is 0 Å². The molecule has 0 amide bonds. The molecule has 1 fully saturated rings. The molecule has 0 saturated carbocycles. The van der Waals surface area contributed by atoms with E-state index in [4.69, 9.17) is 9.57 Å². The Morgan fingerprint density at radius 3 is 2.04 bits per heavy atom. The maximum Gasteiger partial charge on any atom is 0.118 e. The normalized spacial score (nSPS) is 20.2. The average Bonchev–Trinajstić information content (AvgIpc) is 2.64. The van der Waals surface area contributed by atoms with Gasteiger partial charge >= 0.3 is 0 Å². The molecule has 3 nitrogen and oxygen atoms in total. The number of nitrogens with zero attached hydrogens (tertiary/aromatic N) is 1. The summed E-state index contributed by atoms with van der Waals surface area (Å²) in [6.07, 6.45) is 4.36. The van der Waals surface area contributed by atoms with Crippen molar-refractivity contribution in [3.05, 3.63) is 65.7 Å². The van der Waals surface area contributed by atoms with E-state index in [0.29, 0.717) is 0 Å².